The highest BCUT2D eigenvalue weighted by atomic mass is 35.5. The second-order valence-corrected chi connectivity index (χ2v) is 5.31. The summed E-state index contributed by atoms with van der Waals surface area (Å²) in [6.07, 6.45) is 3.33. The summed E-state index contributed by atoms with van der Waals surface area (Å²) in [4.78, 5) is 24.4. The monoisotopic (exact) mass is 348 g/mol. The normalized spacial score (nSPS) is 11.2. The van der Waals surface area contributed by atoms with Crippen molar-refractivity contribution in [2.45, 2.75) is 6.42 Å². The highest BCUT2D eigenvalue weighted by Gasteiger charge is 2.16. The molecule has 24 heavy (non-hydrogen) atoms. The van der Waals surface area contributed by atoms with Crippen molar-refractivity contribution in [2.24, 2.45) is 0 Å². The number of amides is 2. The lowest BCUT2D eigenvalue weighted by Gasteiger charge is -2.10. The quantitative estimate of drug-likeness (QED) is 0.528. The summed E-state index contributed by atoms with van der Waals surface area (Å²) >= 11 is 5.84. The van der Waals surface area contributed by atoms with Crippen molar-refractivity contribution in [3.63, 3.8) is 0 Å². The highest BCUT2D eigenvalue weighted by Crippen LogP contribution is 2.12. The summed E-state index contributed by atoms with van der Waals surface area (Å²) in [5.41, 5.74) is 0.767. The lowest BCUT2D eigenvalue weighted by molar-refractivity contribution is -0.117. The fourth-order valence-corrected chi connectivity index (χ4v) is 1.98. The van der Waals surface area contributed by atoms with Crippen molar-refractivity contribution >= 4 is 29.5 Å². The van der Waals surface area contributed by atoms with Crippen LogP contribution in [0.4, 0.5) is 0 Å². The van der Waals surface area contributed by atoms with Crippen LogP contribution in [0, 0.1) is 0 Å². The number of furan rings is 1. The Kier molecular flexibility index (Phi) is 6.60. The van der Waals surface area contributed by atoms with Gasteiger partial charge < -0.3 is 20.2 Å². The summed E-state index contributed by atoms with van der Waals surface area (Å²) < 4.78 is 5.02. The smallest absolute Gasteiger partial charge is 0.291 e. The molecule has 0 bridgehead atoms. The topological polar surface area (TPSA) is 91.6 Å². The van der Waals surface area contributed by atoms with Gasteiger partial charge in [-0.3, -0.25) is 9.59 Å². The number of aliphatic hydroxyl groups excluding tert-OH is 1. The number of hydrogen-bond donors (Lipinski definition) is 3. The minimum atomic E-state index is -0.530. The van der Waals surface area contributed by atoms with E-state index in [0.717, 1.165) is 0 Å². The third-order valence-corrected chi connectivity index (χ3v) is 3.29. The lowest BCUT2D eigenvalue weighted by Crippen LogP contribution is -2.35. The van der Waals surface area contributed by atoms with Crippen molar-refractivity contribution in [3.8, 4) is 0 Å². The molecule has 1 heterocycles. The lowest BCUT2D eigenvalue weighted by atomic mass is 10.2. The van der Waals surface area contributed by atoms with Gasteiger partial charge in [-0.05, 0) is 42.3 Å². The van der Waals surface area contributed by atoms with E-state index in [-0.39, 0.29) is 18.1 Å². The van der Waals surface area contributed by atoms with E-state index in [2.05, 4.69) is 10.6 Å². The third-order valence-electron chi connectivity index (χ3n) is 3.04. The molecule has 0 aliphatic carbocycles. The zero-order valence-corrected chi connectivity index (χ0v) is 13.5. The van der Waals surface area contributed by atoms with Crippen LogP contribution >= 0.6 is 11.6 Å². The van der Waals surface area contributed by atoms with E-state index in [4.69, 9.17) is 21.1 Å². The SMILES string of the molecule is O=C(NCCCO)/C(=C\c1ccc(Cl)cc1)NC(=O)c1ccco1. The molecule has 0 radical (unpaired) electrons. The molecule has 3 N–H and O–H groups in total. The molecule has 0 saturated carbocycles. The van der Waals surface area contributed by atoms with Crippen LogP contribution in [0.25, 0.3) is 6.08 Å². The third kappa shape index (κ3) is 5.26. The first-order chi connectivity index (χ1) is 11.6. The number of carbonyl (C=O) groups is 2. The first kappa shape index (κ1) is 17.8. The van der Waals surface area contributed by atoms with Gasteiger partial charge in [0.15, 0.2) is 5.76 Å². The molecule has 0 aliphatic heterocycles. The van der Waals surface area contributed by atoms with Crippen molar-refractivity contribution in [1.82, 2.24) is 10.6 Å². The molecule has 2 aromatic rings. The van der Waals surface area contributed by atoms with E-state index >= 15 is 0 Å². The van der Waals surface area contributed by atoms with Crippen molar-refractivity contribution < 1.29 is 19.1 Å². The molecule has 6 nitrogen and oxygen atoms in total. The van der Waals surface area contributed by atoms with E-state index in [0.29, 0.717) is 23.6 Å². The van der Waals surface area contributed by atoms with E-state index < -0.39 is 11.8 Å². The molecule has 0 aliphatic rings. The Hall–Kier alpha value is -2.57. The van der Waals surface area contributed by atoms with Crippen LogP contribution in [0.15, 0.2) is 52.8 Å². The van der Waals surface area contributed by atoms with Crippen LogP contribution in [0.2, 0.25) is 5.02 Å². The number of rotatable bonds is 7. The molecule has 1 aromatic heterocycles. The van der Waals surface area contributed by atoms with E-state index in [1.54, 1.807) is 30.3 Å². The van der Waals surface area contributed by atoms with E-state index in [1.807, 2.05) is 0 Å². The maximum absolute atomic E-state index is 12.3. The molecule has 126 valence electrons. The number of nitrogens with one attached hydrogen (secondary N) is 2. The molecule has 2 rings (SSSR count). The fraction of sp³-hybridized carbons (Fsp3) is 0.176. The van der Waals surface area contributed by atoms with Gasteiger partial charge in [-0.25, -0.2) is 0 Å². The van der Waals surface area contributed by atoms with Crippen LogP contribution in [0.1, 0.15) is 22.5 Å². The first-order valence-electron chi connectivity index (χ1n) is 7.31. The molecule has 2 amide bonds. The second-order valence-electron chi connectivity index (χ2n) is 4.87. The number of benzene rings is 1. The molecule has 0 saturated heterocycles. The number of carbonyl (C=O) groups excluding carboxylic acids is 2. The molecule has 0 atom stereocenters. The Morgan fingerprint density at radius 2 is 1.96 bits per heavy atom. The highest BCUT2D eigenvalue weighted by molar-refractivity contribution is 6.30. The number of aliphatic hydroxyl groups is 1. The van der Waals surface area contributed by atoms with Crippen LogP contribution in [-0.4, -0.2) is 30.1 Å². The number of halogens is 1. The van der Waals surface area contributed by atoms with Gasteiger partial charge in [-0.15, -0.1) is 0 Å². The molecule has 0 unspecified atom stereocenters. The van der Waals surface area contributed by atoms with Crippen LogP contribution < -0.4 is 10.6 Å². The fourth-order valence-electron chi connectivity index (χ4n) is 1.85. The van der Waals surface area contributed by atoms with Gasteiger partial charge in [0.25, 0.3) is 11.8 Å². The maximum Gasteiger partial charge on any atom is 0.291 e. The van der Waals surface area contributed by atoms with Crippen LogP contribution in [-0.2, 0) is 4.79 Å². The van der Waals surface area contributed by atoms with E-state index in [1.165, 1.54) is 18.4 Å². The van der Waals surface area contributed by atoms with Crippen LogP contribution in [0.3, 0.4) is 0 Å². The van der Waals surface area contributed by atoms with Gasteiger partial charge in [-0.1, -0.05) is 23.7 Å². The average molecular weight is 349 g/mol. The molecular formula is C17H17ClN2O4. The molecule has 0 fully saturated rings. The molecule has 7 heteroatoms. The van der Waals surface area contributed by atoms with Gasteiger partial charge in [0, 0.05) is 18.2 Å². The Morgan fingerprint density at radius 3 is 2.58 bits per heavy atom. The van der Waals surface area contributed by atoms with Gasteiger partial charge in [0.2, 0.25) is 0 Å². The standard InChI is InChI=1S/C17H17ClN2O4/c18-13-6-4-12(5-7-13)11-14(16(22)19-8-2-9-21)20-17(23)15-3-1-10-24-15/h1,3-7,10-11,21H,2,8-9H2,(H,19,22)(H,20,23)/b14-11+. The second kappa shape index (κ2) is 8.90. The maximum atomic E-state index is 12.3. The Labute approximate surface area is 144 Å². The van der Waals surface area contributed by atoms with Crippen molar-refractivity contribution in [3.05, 3.63) is 64.7 Å². The Balaban J connectivity index is 2.18. The average Bonchev–Trinajstić information content (AvgIpc) is 3.11. The number of hydrogen-bond acceptors (Lipinski definition) is 4. The molecule has 0 spiro atoms. The Morgan fingerprint density at radius 1 is 1.21 bits per heavy atom. The van der Waals surface area contributed by atoms with Crippen LogP contribution in [0.5, 0.6) is 0 Å². The van der Waals surface area contributed by atoms with E-state index in [9.17, 15) is 9.59 Å². The molecular weight excluding hydrogens is 332 g/mol. The van der Waals surface area contributed by atoms with Crippen molar-refractivity contribution in [1.29, 1.82) is 0 Å². The first-order valence-corrected chi connectivity index (χ1v) is 7.69. The summed E-state index contributed by atoms with van der Waals surface area (Å²) in [6.45, 7) is 0.263. The Bertz CT molecular complexity index is 709. The zero-order chi connectivity index (χ0) is 17.4. The minimum Gasteiger partial charge on any atom is -0.459 e. The van der Waals surface area contributed by atoms with Gasteiger partial charge in [-0.2, -0.15) is 0 Å². The zero-order valence-electron chi connectivity index (χ0n) is 12.8. The van der Waals surface area contributed by atoms with Crippen molar-refractivity contribution in [2.75, 3.05) is 13.2 Å². The largest absolute Gasteiger partial charge is 0.459 e. The summed E-state index contributed by atoms with van der Waals surface area (Å²) in [5, 5.41) is 14.5. The summed E-state index contributed by atoms with van der Waals surface area (Å²) in [6, 6.07) is 9.90. The molecule has 1 aromatic carbocycles. The summed E-state index contributed by atoms with van der Waals surface area (Å²) in [7, 11) is 0. The van der Waals surface area contributed by atoms with Gasteiger partial charge >= 0.3 is 0 Å². The predicted octanol–water partition coefficient (Wildman–Crippen LogP) is 2.20. The minimum absolute atomic E-state index is 0.0325. The summed E-state index contributed by atoms with van der Waals surface area (Å²) in [5.74, 6) is -0.893. The predicted molar refractivity (Wildman–Crippen MR) is 90.3 cm³/mol. The van der Waals surface area contributed by atoms with Gasteiger partial charge in [0.1, 0.15) is 5.70 Å². The van der Waals surface area contributed by atoms with Gasteiger partial charge in [0.05, 0.1) is 6.26 Å².